The molecule has 3 aromatic rings. The second-order valence-electron chi connectivity index (χ2n) is 6.93. The van der Waals surface area contributed by atoms with Crippen molar-refractivity contribution < 1.29 is 19.1 Å². The van der Waals surface area contributed by atoms with Gasteiger partial charge in [0.25, 0.3) is 5.91 Å². The minimum atomic E-state index is -1.14. The first kappa shape index (κ1) is 21.5. The zero-order valence-corrected chi connectivity index (χ0v) is 17.1. The lowest BCUT2D eigenvalue weighted by Crippen LogP contribution is -2.30. The largest absolute Gasteiger partial charge is 0.449 e. The number of carbonyl (C=O) groups is 3. The van der Waals surface area contributed by atoms with Crippen LogP contribution in [-0.2, 0) is 9.53 Å². The van der Waals surface area contributed by atoms with Crippen LogP contribution in [0.1, 0.15) is 44.3 Å². The number of ether oxygens (including phenoxy) is 1. The lowest BCUT2D eigenvalue weighted by atomic mass is 9.98. The van der Waals surface area contributed by atoms with Crippen molar-refractivity contribution in [3.63, 3.8) is 0 Å². The van der Waals surface area contributed by atoms with Crippen molar-refractivity contribution in [3.05, 3.63) is 101 Å². The van der Waals surface area contributed by atoms with Crippen LogP contribution in [0.5, 0.6) is 0 Å². The molecule has 0 saturated carbocycles. The van der Waals surface area contributed by atoms with E-state index < -0.39 is 18.0 Å². The summed E-state index contributed by atoms with van der Waals surface area (Å²) in [5.74, 6) is -1.68. The molecule has 154 valence electrons. The molecular formula is C25H20N2O4. The topological polar surface area (TPSA) is 96.3 Å². The average Bonchev–Trinajstić information content (AvgIpc) is 2.79. The highest BCUT2D eigenvalue weighted by Gasteiger charge is 2.24. The predicted octanol–water partition coefficient (Wildman–Crippen LogP) is 4.28. The van der Waals surface area contributed by atoms with Gasteiger partial charge in [-0.15, -0.1) is 0 Å². The number of aryl methyl sites for hydroxylation is 1. The Hall–Kier alpha value is -4.24. The molecule has 1 atom stereocenters. The van der Waals surface area contributed by atoms with Gasteiger partial charge in [0.1, 0.15) is 6.07 Å². The second-order valence-corrected chi connectivity index (χ2v) is 6.93. The first-order valence-corrected chi connectivity index (χ1v) is 9.62. The summed E-state index contributed by atoms with van der Waals surface area (Å²) in [5, 5.41) is 11.7. The Kier molecular flexibility index (Phi) is 6.58. The summed E-state index contributed by atoms with van der Waals surface area (Å²) in [6.07, 6.45) is -1.14. The summed E-state index contributed by atoms with van der Waals surface area (Å²) in [4.78, 5) is 38.1. The van der Waals surface area contributed by atoms with Crippen molar-refractivity contribution in [1.29, 1.82) is 5.26 Å². The first-order chi connectivity index (χ1) is 14.9. The van der Waals surface area contributed by atoms with Crippen LogP contribution in [0.3, 0.4) is 0 Å². The second kappa shape index (κ2) is 9.51. The number of hydrogen-bond acceptors (Lipinski definition) is 5. The van der Waals surface area contributed by atoms with Gasteiger partial charge in [-0.25, -0.2) is 4.79 Å². The molecule has 0 aliphatic rings. The van der Waals surface area contributed by atoms with E-state index in [1.165, 1.54) is 13.0 Å². The van der Waals surface area contributed by atoms with E-state index >= 15 is 0 Å². The minimum Gasteiger partial charge on any atom is -0.449 e. The molecule has 31 heavy (non-hydrogen) atoms. The summed E-state index contributed by atoms with van der Waals surface area (Å²) in [6.45, 7) is 3.34. The van der Waals surface area contributed by atoms with Gasteiger partial charge in [-0.3, -0.25) is 9.59 Å². The number of carbonyl (C=O) groups excluding carboxylic acids is 3. The number of anilines is 1. The van der Waals surface area contributed by atoms with Gasteiger partial charge in [-0.1, -0.05) is 60.2 Å². The van der Waals surface area contributed by atoms with Gasteiger partial charge < -0.3 is 10.1 Å². The van der Waals surface area contributed by atoms with Crippen LogP contribution in [0.4, 0.5) is 5.69 Å². The zero-order chi connectivity index (χ0) is 22.4. The number of nitrogens with one attached hydrogen (secondary N) is 1. The van der Waals surface area contributed by atoms with Gasteiger partial charge in [-0.2, -0.15) is 5.26 Å². The summed E-state index contributed by atoms with van der Waals surface area (Å²) >= 11 is 0. The Bertz CT molecular complexity index is 1180. The van der Waals surface area contributed by atoms with E-state index in [2.05, 4.69) is 5.32 Å². The fourth-order valence-electron chi connectivity index (χ4n) is 2.92. The van der Waals surface area contributed by atoms with Gasteiger partial charge in [0, 0.05) is 11.1 Å². The number of para-hydroxylation sites is 1. The van der Waals surface area contributed by atoms with Crippen LogP contribution in [0.25, 0.3) is 0 Å². The Morgan fingerprint density at radius 2 is 1.52 bits per heavy atom. The fraction of sp³-hybridized carbons (Fsp3) is 0.120. The van der Waals surface area contributed by atoms with Crippen LogP contribution < -0.4 is 5.32 Å². The molecule has 0 radical (unpaired) electrons. The molecule has 3 aromatic carbocycles. The zero-order valence-electron chi connectivity index (χ0n) is 17.1. The molecule has 3 rings (SSSR count). The van der Waals surface area contributed by atoms with Crippen LogP contribution in [0.2, 0.25) is 0 Å². The van der Waals surface area contributed by atoms with E-state index in [4.69, 9.17) is 10.00 Å². The normalized spacial score (nSPS) is 11.1. The molecule has 0 bridgehead atoms. The standard InChI is InChI=1S/C25H20N2O4/c1-16-11-13-18(14-12-16)23(28)20-8-4-5-9-21(20)25(30)31-17(2)24(29)27-22-10-6-3-7-19(22)15-26/h3-14,17H,1-2H3,(H,27,29). The van der Waals surface area contributed by atoms with Gasteiger partial charge in [0.2, 0.25) is 0 Å². The molecule has 1 amide bonds. The maximum absolute atomic E-state index is 12.9. The lowest BCUT2D eigenvalue weighted by molar-refractivity contribution is -0.123. The number of rotatable bonds is 6. The summed E-state index contributed by atoms with van der Waals surface area (Å²) < 4.78 is 5.30. The maximum atomic E-state index is 12.9. The average molecular weight is 412 g/mol. The van der Waals surface area contributed by atoms with Crippen molar-refractivity contribution in [2.24, 2.45) is 0 Å². The number of benzene rings is 3. The monoisotopic (exact) mass is 412 g/mol. The lowest BCUT2D eigenvalue weighted by Gasteiger charge is -2.15. The molecular weight excluding hydrogens is 392 g/mol. The highest BCUT2D eigenvalue weighted by Crippen LogP contribution is 2.18. The van der Waals surface area contributed by atoms with Gasteiger partial charge in [0.15, 0.2) is 11.9 Å². The Labute approximate surface area is 180 Å². The molecule has 0 spiro atoms. The molecule has 6 nitrogen and oxygen atoms in total. The maximum Gasteiger partial charge on any atom is 0.339 e. The third-order valence-electron chi connectivity index (χ3n) is 4.66. The molecule has 0 aliphatic heterocycles. The number of amides is 1. The highest BCUT2D eigenvalue weighted by molar-refractivity contribution is 6.14. The van der Waals surface area contributed by atoms with Gasteiger partial charge in [0.05, 0.1) is 16.8 Å². The summed E-state index contributed by atoms with van der Waals surface area (Å²) in [6, 6.07) is 21.8. The van der Waals surface area contributed by atoms with Crippen molar-refractivity contribution in [1.82, 2.24) is 0 Å². The third kappa shape index (κ3) is 5.03. The van der Waals surface area contributed by atoms with E-state index in [1.54, 1.807) is 54.6 Å². The molecule has 0 fully saturated rings. The predicted molar refractivity (Wildman–Crippen MR) is 116 cm³/mol. The van der Waals surface area contributed by atoms with Crippen LogP contribution in [-0.4, -0.2) is 23.8 Å². The van der Waals surface area contributed by atoms with Crippen molar-refractivity contribution in [3.8, 4) is 6.07 Å². The van der Waals surface area contributed by atoms with E-state index in [9.17, 15) is 14.4 Å². The van der Waals surface area contributed by atoms with Crippen molar-refractivity contribution >= 4 is 23.3 Å². The van der Waals surface area contributed by atoms with Crippen molar-refractivity contribution in [2.45, 2.75) is 20.0 Å². The highest BCUT2D eigenvalue weighted by atomic mass is 16.5. The Morgan fingerprint density at radius 3 is 2.19 bits per heavy atom. The third-order valence-corrected chi connectivity index (χ3v) is 4.66. The van der Waals surface area contributed by atoms with Crippen molar-refractivity contribution in [2.75, 3.05) is 5.32 Å². The molecule has 1 unspecified atom stereocenters. The van der Waals surface area contributed by atoms with Gasteiger partial charge in [-0.05, 0) is 32.0 Å². The van der Waals surface area contributed by atoms with Crippen LogP contribution >= 0.6 is 0 Å². The van der Waals surface area contributed by atoms with Crippen LogP contribution in [0, 0.1) is 18.3 Å². The number of nitriles is 1. The SMILES string of the molecule is Cc1ccc(C(=O)c2ccccc2C(=O)OC(C)C(=O)Nc2ccccc2C#N)cc1. The number of nitrogens with zero attached hydrogens (tertiary/aromatic N) is 1. The Morgan fingerprint density at radius 1 is 0.903 bits per heavy atom. The molecule has 0 heterocycles. The molecule has 0 aromatic heterocycles. The van der Waals surface area contributed by atoms with E-state index in [-0.39, 0.29) is 16.9 Å². The summed E-state index contributed by atoms with van der Waals surface area (Å²) in [5.41, 5.74) is 2.35. The molecule has 0 aliphatic carbocycles. The van der Waals surface area contributed by atoms with E-state index in [0.717, 1.165) is 5.56 Å². The first-order valence-electron chi connectivity index (χ1n) is 9.62. The molecule has 1 N–H and O–H groups in total. The minimum absolute atomic E-state index is 0.0742. The molecule has 0 saturated heterocycles. The van der Waals surface area contributed by atoms with E-state index in [0.29, 0.717) is 16.8 Å². The number of ketones is 1. The Balaban J connectivity index is 1.76. The smallest absolute Gasteiger partial charge is 0.339 e. The summed E-state index contributed by atoms with van der Waals surface area (Å²) in [7, 11) is 0. The van der Waals surface area contributed by atoms with Crippen LogP contribution in [0.15, 0.2) is 72.8 Å². The van der Waals surface area contributed by atoms with E-state index in [1.807, 2.05) is 25.1 Å². The molecule has 6 heteroatoms. The van der Waals surface area contributed by atoms with Gasteiger partial charge >= 0.3 is 5.97 Å². The quantitative estimate of drug-likeness (QED) is 0.481. The number of esters is 1. The fourth-order valence-corrected chi connectivity index (χ4v) is 2.92. The number of hydrogen-bond donors (Lipinski definition) is 1.